The molecular formula is C26H27BrN2O3. The van der Waals surface area contributed by atoms with Gasteiger partial charge in [-0.1, -0.05) is 53.2 Å². The predicted octanol–water partition coefficient (Wildman–Crippen LogP) is 5.38. The van der Waals surface area contributed by atoms with E-state index in [0.29, 0.717) is 19.4 Å². The molecule has 2 amide bonds. The lowest BCUT2D eigenvalue weighted by molar-refractivity contribution is -0.127. The molecule has 1 aliphatic heterocycles. The summed E-state index contributed by atoms with van der Waals surface area (Å²) in [6.07, 6.45) is 2.48. The van der Waals surface area contributed by atoms with E-state index in [2.05, 4.69) is 33.4 Å². The minimum atomic E-state index is -0.545. The number of hydrogen-bond donors (Lipinski definition) is 1. The van der Waals surface area contributed by atoms with Crippen molar-refractivity contribution in [2.75, 3.05) is 12.0 Å². The van der Waals surface area contributed by atoms with Gasteiger partial charge in [-0.2, -0.15) is 0 Å². The normalized spacial score (nSPS) is 15.9. The lowest BCUT2D eigenvalue weighted by atomic mass is 10.0. The number of amides is 2. The molecule has 3 aromatic carbocycles. The number of carbonyl (C=O) groups excluding carboxylic acids is 2. The van der Waals surface area contributed by atoms with Gasteiger partial charge in [-0.15, -0.1) is 0 Å². The smallest absolute Gasteiger partial charge is 0.249 e. The fraction of sp³-hybridized carbons (Fsp3) is 0.308. The highest BCUT2D eigenvalue weighted by atomic mass is 79.9. The van der Waals surface area contributed by atoms with Crippen LogP contribution in [0.1, 0.15) is 37.3 Å². The van der Waals surface area contributed by atoms with E-state index >= 15 is 0 Å². The molecule has 3 aromatic rings. The maximum Gasteiger partial charge on any atom is 0.249 e. The van der Waals surface area contributed by atoms with Crippen LogP contribution in [0.5, 0.6) is 5.75 Å². The fourth-order valence-corrected chi connectivity index (χ4v) is 4.74. The van der Waals surface area contributed by atoms with E-state index in [1.54, 1.807) is 12.0 Å². The molecule has 32 heavy (non-hydrogen) atoms. The Labute approximate surface area is 196 Å². The number of benzene rings is 3. The molecule has 5 nitrogen and oxygen atoms in total. The van der Waals surface area contributed by atoms with Gasteiger partial charge < -0.3 is 15.0 Å². The number of nitrogens with zero attached hydrogens (tertiary/aromatic N) is 1. The molecule has 1 N–H and O–H groups in total. The number of aryl methyl sites for hydroxylation is 1. The largest absolute Gasteiger partial charge is 0.496 e. The Morgan fingerprint density at radius 3 is 2.78 bits per heavy atom. The molecule has 1 heterocycles. The van der Waals surface area contributed by atoms with E-state index in [4.69, 9.17) is 4.74 Å². The molecule has 0 saturated heterocycles. The van der Waals surface area contributed by atoms with Gasteiger partial charge in [0.25, 0.3) is 0 Å². The average molecular weight is 495 g/mol. The van der Waals surface area contributed by atoms with Crippen molar-refractivity contribution >= 4 is 44.2 Å². The van der Waals surface area contributed by atoms with Gasteiger partial charge in [0.15, 0.2) is 0 Å². The summed E-state index contributed by atoms with van der Waals surface area (Å²) in [6, 6.07) is 17.5. The highest BCUT2D eigenvalue weighted by Crippen LogP contribution is 2.35. The van der Waals surface area contributed by atoms with Gasteiger partial charge in [-0.25, -0.2) is 0 Å². The summed E-state index contributed by atoms with van der Waals surface area (Å²) in [7, 11) is 1.65. The molecule has 1 aliphatic rings. The number of nitrogens with one attached hydrogen (secondary N) is 1. The van der Waals surface area contributed by atoms with Crippen LogP contribution in [0, 0.1) is 0 Å². The Morgan fingerprint density at radius 1 is 1.19 bits per heavy atom. The van der Waals surface area contributed by atoms with Crippen LogP contribution in [-0.4, -0.2) is 25.0 Å². The number of ether oxygens (including phenoxy) is 1. The molecule has 0 fully saturated rings. The first kappa shape index (κ1) is 22.3. The van der Waals surface area contributed by atoms with Crippen LogP contribution in [0.15, 0.2) is 59.1 Å². The van der Waals surface area contributed by atoms with Gasteiger partial charge in [0.05, 0.1) is 13.7 Å². The Balaban J connectivity index is 1.78. The van der Waals surface area contributed by atoms with Gasteiger partial charge in [0.2, 0.25) is 11.8 Å². The molecule has 1 unspecified atom stereocenters. The third kappa shape index (κ3) is 4.51. The third-order valence-electron chi connectivity index (χ3n) is 5.95. The van der Waals surface area contributed by atoms with Gasteiger partial charge in [0.1, 0.15) is 11.8 Å². The number of para-hydroxylation sites is 1. The van der Waals surface area contributed by atoms with E-state index < -0.39 is 6.04 Å². The summed E-state index contributed by atoms with van der Waals surface area (Å²) < 4.78 is 6.68. The molecule has 166 valence electrons. The van der Waals surface area contributed by atoms with Crippen molar-refractivity contribution in [3.05, 3.63) is 70.2 Å². The highest BCUT2D eigenvalue weighted by Gasteiger charge is 2.32. The van der Waals surface area contributed by atoms with Gasteiger partial charge in [-0.05, 0) is 59.9 Å². The molecular weight excluding hydrogens is 468 g/mol. The second kappa shape index (κ2) is 9.74. The van der Waals surface area contributed by atoms with Crippen molar-refractivity contribution in [2.24, 2.45) is 0 Å². The van der Waals surface area contributed by atoms with Gasteiger partial charge >= 0.3 is 0 Å². The summed E-state index contributed by atoms with van der Waals surface area (Å²) in [5.74, 6) is 0.570. The molecule has 1 atom stereocenters. The van der Waals surface area contributed by atoms with Crippen molar-refractivity contribution in [2.45, 2.75) is 45.2 Å². The van der Waals surface area contributed by atoms with E-state index in [1.165, 1.54) is 0 Å². The standard InChI is InChI=1S/C26H27BrN2O3/c1-3-6-25(30)28-22-13-9-17-7-4-5-8-23(17)29(26(22)31)16-21-20-12-11-19(27)15-18(20)10-14-24(21)32-2/h4-5,7-8,10-12,14-15,22H,3,6,9,13,16H2,1-2H3,(H,28,30). The first-order valence-corrected chi connectivity index (χ1v) is 11.7. The number of anilines is 1. The minimum Gasteiger partial charge on any atom is -0.496 e. The van der Waals surface area contributed by atoms with E-state index in [1.807, 2.05) is 49.4 Å². The van der Waals surface area contributed by atoms with Gasteiger partial charge in [-0.3, -0.25) is 9.59 Å². The number of carbonyl (C=O) groups is 2. The molecule has 0 bridgehead atoms. The van der Waals surface area contributed by atoms with Crippen LogP contribution in [0.3, 0.4) is 0 Å². The maximum atomic E-state index is 13.7. The predicted molar refractivity (Wildman–Crippen MR) is 131 cm³/mol. The van der Waals surface area contributed by atoms with Crippen LogP contribution in [0.2, 0.25) is 0 Å². The summed E-state index contributed by atoms with van der Waals surface area (Å²) >= 11 is 3.54. The van der Waals surface area contributed by atoms with Crippen molar-refractivity contribution in [1.29, 1.82) is 0 Å². The maximum absolute atomic E-state index is 13.7. The lowest BCUT2D eigenvalue weighted by Gasteiger charge is -2.27. The lowest BCUT2D eigenvalue weighted by Crippen LogP contribution is -2.47. The van der Waals surface area contributed by atoms with Crippen molar-refractivity contribution in [3.63, 3.8) is 0 Å². The summed E-state index contributed by atoms with van der Waals surface area (Å²) in [6.45, 7) is 2.32. The Morgan fingerprint density at radius 2 is 2.00 bits per heavy atom. The molecule has 0 aromatic heterocycles. The molecule has 0 spiro atoms. The Bertz CT molecular complexity index is 1160. The topological polar surface area (TPSA) is 58.6 Å². The van der Waals surface area contributed by atoms with E-state index in [-0.39, 0.29) is 11.8 Å². The summed E-state index contributed by atoms with van der Waals surface area (Å²) in [5.41, 5.74) is 2.94. The quantitative estimate of drug-likeness (QED) is 0.500. The average Bonchev–Trinajstić information content (AvgIpc) is 2.91. The third-order valence-corrected chi connectivity index (χ3v) is 6.44. The monoisotopic (exact) mass is 494 g/mol. The number of methoxy groups -OCH3 is 1. The van der Waals surface area contributed by atoms with E-state index in [9.17, 15) is 9.59 Å². The number of halogens is 1. The molecule has 0 aliphatic carbocycles. The van der Waals surface area contributed by atoms with Crippen LogP contribution in [-0.2, 0) is 22.6 Å². The Kier molecular flexibility index (Phi) is 6.80. The zero-order chi connectivity index (χ0) is 22.7. The van der Waals surface area contributed by atoms with Crippen LogP contribution < -0.4 is 15.0 Å². The van der Waals surface area contributed by atoms with Crippen LogP contribution in [0.4, 0.5) is 5.69 Å². The molecule has 6 heteroatoms. The van der Waals surface area contributed by atoms with Crippen LogP contribution >= 0.6 is 15.9 Å². The molecule has 0 radical (unpaired) electrons. The highest BCUT2D eigenvalue weighted by molar-refractivity contribution is 9.10. The van der Waals surface area contributed by atoms with Crippen molar-refractivity contribution < 1.29 is 14.3 Å². The number of fused-ring (bicyclic) bond motifs is 2. The van der Waals surface area contributed by atoms with Gasteiger partial charge in [0, 0.05) is 22.1 Å². The Hall–Kier alpha value is -2.86. The van der Waals surface area contributed by atoms with Crippen molar-refractivity contribution in [3.8, 4) is 5.75 Å². The number of rotatable bonds is 6. The molecule has 4 rings (SSSR count). The summed E-state index contributed by atoms with van der Waals surface area (Å²) in [5, 5.41) is 5.07. The fourth-order valence-electron chi connectivity index (χ4n) is 4.36. The first-order chi connectivity index (χ1) is 15.5. The van der Waals surface area contributed by atoms with Crippen LogP contribution in [0.25, 0.3) is 10.8 Å². The van der Waals surface area contributed by atoms with E-state index in [0.717, 1.165) is 50.7 Å². The second-order valence-corrected chi connectivity index (χ2v) is 8.99. The number of hydrogen-bond acceptors (Lipinski definition) is 3. The second-order valence-electron chi connectivity index (χ2n) is 8.07. The zero-order valence-corrected chi connectivity index (χ0v) is 19.9. The first-order valence-electron chi connectivity index (χ1n) is 11.0. The van der Waals surface area contributed by atoms with Crippen molar-refractivity contribution in [1.82, 2.24) is 5.32 Å². The molecule has 0 saturated carbocycles. The minimum absolute atomic E-state index is 0.0793. The summed E-state index contributed by atoms with van der Waals surface area (Å²) in [4.78, 5) is 27.8. The SMILES string of the molecule is CCCC(=O)NC1CCc2ccccc2N(Cc2c(OC)ccc3cc(Br)ccc23)C1=O. The zero-order valence-electron chi connectivity index (χ0n) is 18.4.